The van der Waals surface area contributed by atoms with E-state index < -0.39 is 28.5 Å². The highest BCUT2D eigenvalue weighted by Gasteiger charge is 2.33. The van der Waals surface area contributed by atoms with Crippen LogP contribution in [-0.4, -0.2) is 44.3 Å². The van der Waals surface area contributed by atoms with E-state index >= 15 is 0 Å². The molecule has 3 rings (SSSR count). The van der Waals surface area contributed by atoms with Crippen LogP contribution < -0.4 is 9.62 Å². The largest absolute Gasteiger partial charge is 0.354 e. The molecule has 0 aromatic heterocycles. The fourth-order valence-corrected chi connectivity index (χ4v) is 6.00. The predicted octanol–water partition coefficient (Wildman–Crippen LogP) is 6.20. The molecule has 0 bridgehead atoms. The van der Waals surface area contributed by atoms with E-state index in [0.717, 1.165) is 20.8 Å². The summed E-state index contributed by atoms with van der Waals surface area (Å²) in [6, 6.07) is 17.0. The minimum absolute atomic E-state index is 0.0401. The van der Waals surface area contributed by atoms with Crippen LogP contribution in [0.1, 0.15) is 31.4 Å². The molecule has 208 valence electrons. The van der Waals surface area contributed by atoms with Crippen molar-refractivity contribution >= 4 is 66.7 Å². The summed E-state index contributed by atoms with van der Waals surface area (Å²) < 4.78 is 29.4. The number of aryl methyl sites for hydroxylation is 1. The van der Waals surface area contributed by atoms with E-state index in [9.17, 15) is 18.0 Å². The molecule has 0 aliphatic rings. The molecule has 0 saturated heterocycles. The molecule has 0 fully saturated rings. The number of hydrogen-bond donors (Lipinski definition) is 1. The lowest BCUT2D eigenvalue weighted by molar-refractivity contribution is -0.139. The first-order valence-electron chi connectivity index (χ1n) is 12.3. The van der Waals surface area contributed by atoms with Crippen LogP contribution in [0.25, 0.3) is 0 Å². The van der Waals surface area contributed by atoms with Gasteiger partial charge in [-0.05, 0) is 68.8 Å². The number of halogens is 3. The molecule has 0 radical (unpaired) electrons. The molecule has 1 atom stereocenters. The standard InChI is InChI=1S/C28H30BrCl2N3O4S/c1-4-16-32-28(36)20(3)33(17-24-25(30)6-5-7-26(24)31)27(35)18-34(22-12-10-21(29)11-13-22)39(37,38)23-14-8-19(2)9-15-23/h5-15,20H,4,16-18H2,1-3H3,(H,32,36). The molecule has 0 aliphatic heterocycles. The molecule has 0 heterocycles. The monoisotopic (exact) mass is 653 g/mol. The summed E-state index contributed by atoms with van der Waals surface area (Å²) in [5.41, 5.74) is 1.65. The number of rotatable bonds is 11. The molecule has 1 N–H and O–H groups in total. The maximum atomic E-state index is 13.9. The molecular formula is C28H30BrCl2N3O4S. The maximum Gasteiger partial charge on any atom is 0.264 e. The highest BCUT2D eigenvalue weighted by molar-refractivity contribution is 9.10. The highest BCUT2D eigenvalue weighted by atomic mass is 79.9. The molecule has 3 aromatic carbocycles. The van der Waals surface area contributed by atoms with Crippen LogP contribution in [0.4, 0.5) is 5.69 Å². The van der Waals surface area contributed by atoms with Gasteiger partial charge in [0.15, 0.2) is 0 Å². The Kier molecular flexibility index (Phi) is 10.8. The van der Waals surface area contributed by atoms with Crippen molar-refractivity contribution < 1.29 is 18.0 Å². The molecule has 1 unspecified atom stereocenters. The quantitative estimate of drug-likeness (QED) is 0.267. The molecular weight excluding hydrogens is 625 g/mol. The second-order valence-corrected chi connectivity index (χ2v) is 12.6. The van der Waals surface area contributed by atoms with Gasteiger partial charge >= 0.3 is 0 Å². The average molecular weight is 655 g/mol. The number of benzene rings is 3. The first-order valence-corrected chi connectivity index (χ1v) is 15.3. The van der Waals surface area contributed by atoms with Crippen LogP contribution in [0.15, 0.2) is 76.1 Å². The van der Waals surface area contributed by atoms with Gasteiger partial charge in [-0.2, -0.15) is 0 Å². The zero-order valence-corrected chi connectivity index (χ0v) is 25.7. The van der Waals surface area contributed by atoms with E-state index in [4.69, 9.17) is 23.2 Å². The summed E-state index contributed by atoms with van der Waals surface area (Å²) in [5.74, 6) is -0.964. The fraction of sp³-hybridized carbons (Fsp3) is 0.286. The van der Waals surface area contributed by atoms with E-state index in [1.165, 1.54) is 17.0 Å². The minimum Gasteiger partial charge on any atom is -0.354 e. The van der Waals surface area contributed by atoms with Crippen molar-refractivity contribution in [3.8, 4) is 0 Å². The third-order valence-electron chi connectivity index (χ3n) is 6.11. The van der Waals surface area contributed by atoms with Gasteiger partial charge in [0, 0.05) is 33.2 Å². The van der Waals surface area contributed by atoms with Gasteiger partial charge in [0.05, 0.1) is 10.6 Å². The van der Waals surface area contributed by atoms with E-state index in [1.54, 1.807) is 61.5 Å². The number of amides is 2. The Balaban J connectivity index is 2.05. The van der Waals surface area contributed by atoms with Gasteiger partial charge in [0.2, 0.25) is 11.8 Å². The van der Waals surface area contributed by atoms with Crippen LogP contribution in [0.3, 0.4) is 0 Å². The van der Waals surface area contributed by atoms with Crippen LogP contribution in [0, 0.1) is 6.92 Å². The maximum absolute atomic E-state index is 13.9. The smallest absolute Gasteiger partial charge is 0.264 e. The van der Waals surface area contributed by atoms with Gasteiger partial charge in [-0.3, -0.25) is 13.9 Å². The van der Waals surface area contributed by atoms with Crippen LogP contribution in [0.2, 0.25) is 10.0 Å². The Morgan fingerprint density at radius 1 is 0.974 bits per heavy atom. The number of nitrogens with one attached hydrogen (secondary N) is 1. The van der Waals surface area contributed by atoms with Crippen LogP contribution >= 0.6 is 39.1 Å². The lowest BCUT2D eigenvalue weighted by Crippen LogP contribution is -2.51. The van der Waals surface area contributed by atoms with Crippen LogP contribution in [0.5, 0.6) is 0 Å². The first kappa shape index (κ1) is 30.9. The summed E-state index contributed by atoms with van der Waals surface area (Å²) in [6.45, 7) is 5.16. The molecule has 0 aliphatic carbocycles. The second-order valence-electron chi connectivity index (χ2n) is 8.99. The predicted molar refractivity (Wildman–Crippen MR) is 160 cm³/mol. The van der Waals surface area contributed by atoms with Gasteiger partial charge < -0.3 is 10.2 Å². The van der Waals surface area contributed by atoms with Gasteiger partial charge in [-0.1, -0.05) is 69.8 Å². The summed E-state index contributed by atoms with van der Waals surface area (Å²) in [5, 5.41) is 3.46. The third kappa shape index (κ3) is 7.75. The number of hydrogen-bond acceptors (Lipinski definition) is 4. The molecule has 3 aromatic rings. The SMILES string of the molecule is CCCNC(=O)C(C)N(Cc1c(Cl)cccc1Cl)C(=O)CN(c1ccc(Br)cc1)S(=O)(=O)c1ccc(C)cc1. The lowest BCUT2D eigenvalue weighted by atomic mass is 10.1. The van der Waals surface area contributed by atoms with Gasteiger partial charge in [0.1, 0.15) is 12.6 Å². The Bertz CT molecular complexity index is 1400. The number of anilines is 1. The number of sulfonamides is 1. The van der Waals surface area contributed by atoms with E-state index in [1.807, 2.05) is 13.8 Å². The third-order valence-corrected chi connectivity index (χ3v) is 9.13. The van der Waals surface area contributed by atoms with Crippen molar-refractivity contribution in [1.82, 2.24) is 10.2 Å². The Morgan fingerprint density at radius 3 is 2.13 bits per heavy atom. The van der Waals surface area contributed by atoms with Crippen molar-refractivity contribution in [3.63, 3.8) is 0 Å². The first-order chi connectivity index (χ1) is 18.4. The van der Waals surface area contributed by atoms with Crippen molar-refractivity contribution in [1.29, 1.82) is 0 Å². The normalized spacial score (nSPS) is 12.1. The fourth-order valence-electron chi connectivity index (χ4n) is 3.81. The molecule has 39 heavy (non-hydrogen) atoms. The van der Waals surface area contributed by atoms with E-state index in [2.05, 4.69) is 21.2 Å². The second kappa shape index (κ2) is 13.7. The van der Waals surface area contributed by atoms with Crippen LogP contribution in [-0.2, 0) is 26.2 Å². The van der Waals surface area contributed by atoms with Gasteiger partial charge in [0.25, 0.3) is 10.0 Å². The van der Waals surface area contributed by atoms with Gasteiger partial charge in [-0.25, -0.2) is 8.42 Å². The lowest BCUT2D eigenvalue weighted by Gasteiger charge is -2.32. The Morgan fingerprint density at radius 2 is 1.56 bits per heavy atom. The summed E-state index contributed by atoms with van der Waals surface area (Å²) >= 11 is 16.2. The zero-order valence-electron chi connectivity index (χ0n) is 21.8. The number of carbonyl (C=O) groups excluding carboxylic acids is 2. The Hall–Kier alpha value is -2.59. The van der Waals surface area contributed by atoms with E-state index in [-0.39, 0.29) is 17.3 Å². The number of carbonyl (C=O) groups is 2. The van der Waals surface area contributed by atoms with Crippen molar-refractivity contribution in [3.05, 3.63) is 92.4 Å². The van der Waals surface area contributed by atoms with Gasteiger partial charge in [-0.15, -0.1) is 0 Å². The number of nitrogens with zero attached hydrogens (tertiary/aromatic N) is 2. The average Bonchev–Trinajstić information content (AvgIpc) is 2.90. The topological polar surface area (TPSA) is 86.8 Å². The molecule has 2 amide bonds. The van der Waals surface area contributed by atoms with E-state index in [0.29, 0.717) is 27.8 Å². The minimum atomic E-state index is -4.14. The van der Waals surface area contributed by atoms with Crippen molar-refractivity contribution in [2.75, 3.05) is 17.4 Å². The molecule has 0 spiro atoms. The van der Waals surface area contributed by atoms with Crippen molar-refractivity contribution in [2.45, 2.75) is 44.7 Å². The van der Waals surface area contributed by atoms with Crippen molar-refractivity contribution in [2.24, 2.45) is 0 Å². The summed E-state index contributed by atoms with van der Waals surface area (Å²) in [6.07, 6.45) is 0.717. The molecule has 7 nitrogen and oxygen atoms in total. The summed E-state index contributed by atoms with van der Waals surface area (Å²) in [7, 11) is -4.14. The Labute approximate surface area is 248 Å². The molecule has 0 saturated carbocycles. The molecule has 11 heteroatoms. The zero-order chi connectivity index (χ0) is 28.7. The summed E-state index contributed by atoms with van der Waals surface area (Å²) in [4.78, 5) is 28.2. The highest BCUT2D eigenvalue weighted by Crippen LogP contribution is 2.29.